The van der Waals surface area contributed by atoms with E-state index in [1.807, 2.05) is 36.5 Å². The number of aromatic nitrogens is 2. The molecule has 2 aromatic rings. The van der Waals surface area contributed by atoms with E-state index in [9.17, 15) is 13.2 Å². The highest BCUT2D eigenvalue weighted by atomic mass is 32.2. The minimum Gasteiger partial charge on any atom is -0.338 e. The van der Waals surface area contributed by atoms with Gasteiger partial charge in [0.1, 0.15) is 5.82 Å². The smallest absolute Gasteiger partial charge is 0.317 e. The second-order valence-corrected chi connectivity index (χ2v) is 10.8. The number of benzene rings is 1. The van der Waals surface area contributed by atoms with E-state index in [-0.39, 0.29) is 6.03 Å². The zero-order valence-electron chi connectivity index (χ0n) is 18.4. The van der Waals surface area contributed by atoms with E-state index in [1.54, 1.807) is 9.21 Å². The van der Waals surface area contributed by atoms with Crippen LogP contribution in [0.1, 0.15) is 32.5 Å². The summed E-state index contributed by atoms with van der Waals surface area (Å²) in [5, 5.41) is 2.96. The minimum absolute atomic E-state index is 0.0846. The Morgan fingerprint density at radius 1 is 1.13 bits per heavy atom. The first-order valence-electron chi connectivity index (χ1n) is 10.8. The second-order valence-electron chi connectivity index (χ2n) is 8.92. The van der Waals surface area contributed by atoms with E-state index in [0.29, 0.717) is 51.5 Å². The van der Waals surface area contributed by atoms with Crippen molar-refractivity contribution in [1.82, 2.24) is 24.1 Å². The zero-order valence-corrected chi connectivity index (χ0v) is 19.2. The lowest BCUT2D eigenvalue weighted by atomic mass is 9.85. The number of imidazole rings is 1. The lowest BCUT2D eigenvalue weighted by molar-refractivity contribution is 0.0601. The van der Waals surface area contributed by atoms with Crippen LogP contribution in [0.25, 0.3) is 11.3 Å². The zero-order chi connectivity index (χ0) is 22.2. The highest BCUT2D eigenvalue weighted by Gasteiger charge is 2.51. The lowest BCUT2D eigenvalue weighted by Gasteiger charge is -2.49. The van der Waals surface area contributed by atoms with Crippen molar-refractivity contribution in [2.24, 2.45) is 5.92 Å². The molecule has 0 bridgehead atoms. The first-order valence-corrected chi connectivity index (χ1v) is 12.7. The molecule has 1 saturated heterocycles. The molecular formula is C22H31N5O3S. The molecule has 0 aliphatic carbocycles. The molecule has 0 saturated carbocycles. The standard InChI is InChI=1S/C22H31N5O3S/c1-17(2)15-24-21(28)25-11-9-22(10-12-25)20-23-16-19(18-7-5-4-6-8-18)26(20)13-14-27(22)31(3,29)30/h4-8,16-17H,9-15H2,1-3H3,(H,24,28). The van der Waals surface area contributed by atoms with Crippen molar-refractivity contribution in [2.45, 2.75) is 38.8 Å². The summed E-state index contributed by atoms with van der Waals surface area (Å²) >= 11 is 0. The Hall–Kier alpha value is -2.39. The molecule has 1 aromatic carbocycles. The number of nitrogens with zero attached hydrogens (tertiary/aromatic N) is 4. The topological polar surface area (TPSA) is 87.5 Å². The van der Waals surface area contributed by atoms with Gasteiger partial charge in [-0.15, -0.1) is 0 Å². The van der Waals surface area contributed by atoms with Gasteiger partial charge in [0.15, 0.2) is 0 Å². The van der Waals surface area contributed by atoms with E-state index in [1.165, 1.54) is 6.26 Å². The fourth-order valence-electron chi connectivity index (χ4n) is 4.77. The van der Waals surface area contributed by atoms with Crippen molar-refractivity contribution < 1.29 is 13.2 Å². The molecule has 1 fully saturated rings. The molecule has 0 atom stereocenters. The summed E-state index contributed by atoms with van der Waals surface area (Å²) in [4.78, 5) is 19.1. The van der Waals surface area contributed by atoms with Gasteiger partial charge in [0.05, 0.1) is 23.7 Å². The lowest BCUT2D eigenvalue weighted by Crippen LogP contribution is -2.60. The average Bonchev–Trinajstić information content (AvgIpc) is 3.18. The summed E-state index contributed by atoms with van der Waals surface area (Å²) in [5.41, 5.74) is 1.34. The Labute approximate surface area is 184 Å². The maximum atomic E-state index is 12.7. The SMILES string of the molecule is CC(C)CNC(=O)N1CCC2(CC1)c1ncc(-c3ccccc3)n1CCN2S(C)(=O)=O. The van der Waals surface area contributed by atoms with Gasteiger partial charge < -0.3 is 14.8 Å². The first kappa shape index (κ1) is 21.8. The number of fused-ring (bicyclic) bond motifs is 2. The highest BCUT2D eigenvalue weighted by Crippen LogP contribution is 2.43. The van der Waals surface area contributed by atoms with E-state index in [4.69, 9.17) is 4.98 Å². The Morgan fingerprint density at radius 3 is 2.42 bits per heavy atom. The van der Waals surface area contributed by atoms with E-state index in [0.717, 1.165) is 17.1 Å². The fourth-order valence-corrected chi connectivity index (χ4v) is 6.08. The van der Waals surface area contributed by atoms with E-state index in [2.05, 4.69) is 23.7 Å². The minimum atomic E-state index is -3.43. The van der Waals surface area contributed by atoms with Gasteiger partial charge in [0, 0.05) is 32.7 Å². The summed E-state index contributed by atoms with van der Waals surface area (Å²) in [6.45, 7) is 6.69. The summed E-state index contributed by atoms with van der Waals surface area (Å²) in [6, 6.07) is 9.96. The van der Waals surface area contributed by atoms with Crippen molar-refractivity contribution in [3.63, 3.8) is 0 Å². The van der Waals surface area contributed by atoms with Crippen LogP contribution in [-0.2, 0) is 22.1 Å². The van der Waals surface area contributed by atoms with Crippen LogP contribution in [-0.4, -0.2) is 65.6 Å². The van der Waals surface area contributed by atoms with Crippen LogP contribution in [0.15, 0.2) is 36.5 Å². The number of piperidine rings is 1. The molecule has 1 N–H and O–H groups in total. The maximum absolute atomic E-state index is 12.7. The first-order chi connectivity index (χ1) is 14.7. The van der Waals surface area contributed by atoms with Crippen molar-refractivity contribution in [2.75, 3.05) is 32.4 Å². The Balaban J connectivity index is 1.66. The monoisotopic (exact) mass is 445 g/mol. The highest BCUT2D eigenvalue weighted by molar-refractivity contribution is 7.88. The molecule has 9 heteroatoms. The predicted molar refractivity (Wildman–Crippen MR) is 120 cm³/mol. The van der Waals surface area contributed by atoms with Gasteiger partial charge in [-0.05, 0) is 24.3 Å². The number of rotatable bonds is 4. The number of hydrogen-bond acceptors (Lipinski definition) is 4. The molecule has 2 aliphatic rings. The van der Waals surface area contributed by atoms with Gasteiger partial charge in [0.2, 0.25) is 10.0 Å². The second kappa shape index (κ2) is 8.27. The van der Waals surface area contributed by atoms with Gasteiger partial charge in [-0.2, -0.15) is 4.31 Å². The molecular weight excluding hydrogens is 414 g/mol. The maximum Gasteiger partial charge on any atom is 0.317 e. The molecule has 168 valence electrons. The van der Waals surface area contributed by atoms with Crippen molar-refractivity contribution >= 4 is 16.1 Å². The third kappa shape index (κ3) is 4.08. The molecule has 31 heavy (non-hydrogen) atoms. The summed E-state index contributed by atoms with van der Waals surface area (Å²) in [7, 11) is -3.43. The van der Waals surface area contributed by atoms with Crippen LogP contribution >= 0.6 is 0 Å². The van der Waals surface area contributed by atoms with Crippen molar-refractivity contribution in [1.29, 1.82) is 0 Å². The number of likely N-dealkylation sites (tertiary alicyclic amines) is 1. The molecule has 1 aromatic heterocycles. The third-order valence-corrected chi connectivity index (χ3v) is 7.62. The number of urea groups is 1. The van der Waals surface area contributed by atoms with Crippen LogP contribution in [0.3, 0.4) is 0 Å². The van der Waals surface area contributed by atoms with Crippen LogP contribution in [0.5, 0.6) is 0 Å². The molecule has 2 aliphatic heterocycles. The molecule has 2 amide bonds. The normalized spacial score (nSPS) is 18.9. The summed E-state index contributed by atoms with van der Waals surface area (Å²) < 4.78 is 29.2. The number of amides is 2. The van der Waals surface area contributed by atoms with Gasteiger partial charge in [-0.25, -0.2) is 18.2 Å². The number of hydrogen-bond donors (Lipinski definition) is 1. The number of sulfonamides is 1. The van der Waals surface area contributed by atoms with Gasteiger partial charge in [-0.1, -0.05) is 44.2 Å². The Morgan fingerprint density at radius 2 is 1.81 bits per heavy atom. The number of carbonyl (C=O) groups is 1. The molecule has 1 spiro atoms. The predicted octanol–water partition coefficient (Wildman–Crippen LogP) is 2.48. The summed E-state index contributed by atoms with van der Waals surface area (Å²) in [5.74, 6) is 1.16. The van der Waals surface area contributed by atoms with Crippen molar-refractivity contribution in [3.8, 4) is 11.3 Å². The largest absolute Gasteiger partial charge is 0.338 e. The van der Waals surface area contributed by atoms with Gasteiger partial charge in [0.25, 0.3) is 0 Å². The molecule has 0 unspecified atom stereocenters. The number of carbonyl (C=O) groups excluding carboxylic acids is 1. The van der Waals surface area contributed by atoms with Crippen LogP contribution in [0, 0.1) is 5.92 Å². The van der Waals surface area contributed by atoms with E-state index >= 15 is 0 Å². The van der Waals surface area contributed by atoms with Crippen molar-refractivity contribution in [3.05, 3.63) is 42.4 Å². The molecule has 3 heterocycles. The molecule has 4 rings (SSSR count). The summed E-state index contributed by atoms with van der Waals surface area (Å²) in [6.07, 6.45) is 4.17. The quantitative estimate of drug-likeness (QED) is 0.783. The van der Waals surface area contributed by atoms with Gasteiger partial charge >= 0.3 is 6.03 Å². The molecule has 0 radical (unpaired) electrons. The van der Waals surface area contributed by atoms with E-state index < -0.39 is 15.6 Å². The average molecular weight is 446 g/mol. The number of nitrogens with one attached hydrogen (secondary N) is 1. The van der Waals surface area contributed by atoms with Crippen LogP contribution < -0.4 is 5.32 Å². The Kier molecular flexibility index (Phi) is 5.83. The molecule has 8 nitrogen and oxygen atoms in total. The van der Waals surface area contributed by atoms with Crippen LogP contribution in [0.2, 0.25) is 0 Å². The van der Waals surface area contributed by atoms with Crippen LogP contribution in [0.4, 0.5) is 4.79 Å². The van der Waals surface area contributed by atoms with Gasteiger partial charge in [-0.3, -0.25) is 0 Å². The third-order valence-electron chi connectivity index (χ3n) is 6.29. The Bertz CT molecular complexity index is 1040. The fraction of sp³-hybridized carbons (Fsp3) is 0.545.